The molecule has 16 nitrogen and oxygen atoms in total. The average molecular weight is 1270 g/mol. The molecule has 0 saturated heterocycles. The fourth-order valence-electron chi connectivity index (χ4n) is 10.1. The molecule has 0 radical (unpaired) electrons. The van der Waals surface area contributed by atoms with E-state index in [9.17, 15) is 16.8 Å². The van der Waals surface area contributed by atoms with Gasteiger partial charge in [0.15, 0.2) is 10.3 Å². The van der Waals surface area contributed by atoms with Gasteiger partial charge in [-0.3, -0.25) is 0 Å². The lowest BCUT2D eigenvalue weighted by atomic mass is 9.91. The predicted molar refractivity (Wildman–Crippen MR) is 305 cm³/mol. The van der Waals surface area contributed by atoms with E-state index in [2.05, 4.69) is 20.6 Å². The van der Waals surface area contributed by atoms with Gasteiger partial charge in [0.2, 0.25) is 0 Å². The van der Waals surface area contributed by atoms with E-state index in [1.807, 2.05) is 0 Å². The Balaban J connectivity index is 0.000000190. The highest BCUT2D eigenvalue weighted by molar-refractivity contribution is 7.93. The summed E-state index contributed by atoms with van der Waals surface area (Å²) < 4.78 is 108. The Morgan fingerprint density at radius 2 is 0.974 bits per heavy atom. The molecule has 0 aliphatic heterocycles. The van der Waals surface area contributed by atoms with Gasteiger partial charge in [0, 0.05) is 70.6 Å². The Hall–Kier alpha value is -4.04. The SMILES string of the molecule is COc1ccc(CN(c2nccs2)S(=O)(=O)c2cc(Cl)c(NC3CC4[C@@H](C[C@@H]3N)C4(Cl)Cl)cc2F)c(OC)c1.COc1ccc(CN(c2nccs2)S(=O)(=O)c2cc(Cl)c(NC3CC4[C@H](C[C@@H]3N)C4(Cl)Cl)cc2F)c(OC)c1. The molecule has 0 spiro atoms. The molecule has 8 atom stereocenters. The van der Waals surface area contributed by atoms with Crippen molar-refractivity contribution in [1.82, 2.24) is 9.97 Å². The number of alkyl halides is 4. The van der Waals surface area contributed by atoms with E-state index in [1.165, 1.54) is 40.8 Å². The summed E-state index contributed by atoms with van der Waals surface area (Å²) in [5.74, 6) is 0.394. The number of sulfonamides is 2. The van der Waals surface area contributed by atoms with Gasteiger partial charge in [-0.2, -0.15) is 0 Å². The van der Waals surface area contributed by atoms with E-state index >= 15 is 8.78 Å². The molecule has 78 heavy (non-hydrogen) atoms. The first kappa shape index (κ1) is 58.6. The first-order chi connectivity index (χ1) is 36.9. The second-order valence-corrected chi connectivity index (χ2v) is 28.2. The van der Waals surface area contributed by atoms with Gasteiger partial charge < -0.3 is 41.0 Å². The van der Waals surface area contributed by atoms with Gasteiger partial charge in [0.1, 0.15) is 53.1 Å². The zero-order valence-electron chi connectivity index (χ0n) is 41.8. The lowest BCUT2D eigenvalue weighted by Gasteiger charge is -2.30. The number of anilines is 4. The van der Waals surface area contributed by atoms with Crippen molar-refractivity contribution in [1.29, 1.82) is 0 Å². The third-order valence-corrected chi connectivity index (χ3v) is 22.8. The Bertz CT molecular complexity index is 3170. The first-order valence-corrected chi connectivity index (χ1v) is 30.9. The lowest BCUT2D eigenvalue weighted by Crippen LogP contribution is -2.43. The van der Waals surface area contributed by atoms with Crippen LogP contribution in [0.15, 0.2) is 93.6 Å². The van der Waals surface area contributed by atoms with E-state index in [-0.39, 0.29) is 92.6 Å². The third kappa shape index (κ3) is 11.7. The van der Waals surface area contributed by atoms with Gasteiger partial charge in [0.05, 0.1) is 62.9 Å². The van der Waals surface area contributed by atoms with Gasteiger partial charge in [0.25, 0.3) is 20.0 Å². The molecule has 4 fully saturated rings. The van der Waals surface area contributed by atoms with Crippen LogP contribution >= 0.6 is 92.3 Å². The molecule has 4 aliphatic carbocycles. The zero-order valence-corrected chi connectivity index (χ0v) is 49.6. The number of hydrogen-bond acceptors (Lipinski definition) is 16. The largest absolute Gasteiger partial charge is 0.497 e. The molecule has 4 saturated carbocycles. The molecule has 420 valence electrons. The van der Waals surface area contributed by atoms with E-state index in [4.69, 9.17) is 100 Å². The van der Waals surface area contributed by atoms with Crippen LogP contribution in [-0.4, -0.2) is 88.1 Å². The van der Waals surface area contributed by atoms with Crippen LogP contribution in [-0.2, 0) is 33.1 Å². The number of rotatable bonds is 18. The van der Waals surface area contributed by atoms with Crippen molar-refractivity contribution in [2.75, 3.05) is 47.7 Å². The van der Waals surface area contributed by atoms with Crippen molar-refractivity contribution in [3.63, 3.8) is 0 Å². The second kappa shape index (κ2) is 23.1. The molecule has 6 aromatic rings. The molecule has 6 N–H and O–H groups in total. The Morgan fingerprint density at radius 1 is 0.603 bits per heavy atom. The second-order valence-electron chi connectivity index (χ2n) is 19.1. The number of thiazole rings is 2. The van der Waals surface area contributed by atoms with Gasteiger partial charge in [-0.05, 0) is 97.9 Å². The molecular formula is C50H52Cl6F2N8O8S4. The van der Waals surface area contributed by atoms with Crippen molar-refractivity contribution >= 4 is 134 Å². The molecule has 4 aromatic carbocycles. The van der Waals surface area contributed by atoms with Gasteiger partial charge >= 0.3 is 0 Å². The highest BCUT2D eigenvalue weighted by Gasteiger charge is 2.66. The van der Waals surface area contributed by atoms with Gasteiger partial charge in [-0.25, -0.2) is 44.2 Å². The molecule has 0 amide bonds. The number of benzene rings is 4. The highest BCUT2D eigenvalue weighted by atomic mass is 35.5. The van der Waals surface area contributed by atoms with Crippen LogP contribution in [0.25, 0.3) is 0 Å². The minimum absolute atomic E-state index is 0.0317. The predicted octanol–water partition coefficient (Wildman–Crippen LogP) is 11.3. The number of methoxy groups -OCH3 is 4. The molecular weight excluding hydrogens is 1220 g/mol. The summed E-state index contributed by atoms with van der Waals surface area (Å²) in [7, 11) is -2.93. The minimum atomic E-state index is -4.45. The number of fused-ring (bicyclic) bond motifs is 2. The van der Waals surface area contributed by atoms with Crippen LogP contribution in [0.5, 0.6) is 23.0 Å². The number of halogens is 8. The van der Waals surface area contributed by atoms with E-state index in [0.29, 0.717) is 59.8 Å². The van der Waals surface area contributed by atoms with Crippen LogP contribution < -0.4 is 49.7 Å². The fraction of sp³-hybridized carbons (Fsp3) is 0.400. The summed E-state index contributed by atoms with van der Waals surface area (Å²) in [6, 6.07) is 13.3. The summed E-state index contributed by atoms with van der Waals surface area (Å²) in [5, 5.41) is 9.99. The number of nitrogens with two attached hydrogens (primary N) is 2. The highest BCUT2D eigenvalue weighted by Crippen LogP contribution is 2.66. The monoisotopic (exact) mass is 1270 g/mol. The van der Waals surface area contributed by atoms with Gasteiger partial charge in [-0.1, -0.05) is 23.2 Å². The van der Waals surface area contributed by atoms with Crippen LogP contribution in [0.4, 0.5) is 30.4 Å². The number of ether oxygens (including phenoxy) is 4. The maximum atomic E-state index is 15.5. The lowest BCUT2D eigenvalue weighted by molar-refractivity contribution is 0.387. The normalized spacial score (nSPS) is 23.6. The third-order valence-electron chi connectivity index (χ3n) is 14.6. The molecule has 2 aromatic heterocycles. The summed E-state index contributed by atoms with van der Waals surface area (Å²) in [6.07, 6.45) is 5.38. The number of nitrogens with zero attached hydrogens (tertiary/aromatic N) is 4. The number of hydrogen-bond donors (Lipinski definition) is 4. The van der Waals surface area contributed by atoms with Crippen molar-refractivity contribution in [3.05, 3.63) is 117 Å². The van der Waals surface area contributed by atoms with E-state index < -0.39 is 50.1 Å². The number of aromatic nitrogens is 2. The summed E-state index contributed by atoms with van der Waals surface area (Å²) in [4.78, 5) is 7.16. The summed E-state index contributed by atoms with van der Waals surface area (Å²) >= 11 is 40.6. The molecule has 4 aliphatic rings. The van der Waals surface area contributed by atoms with Crippen LogP contribution in [0, 0.1) is 35.3 Å². The van der Waals surface area contributed by atoms with Crippen molar-refractivity contribution in [2.45, 2.75) is 81.4 Å². The molecule has 0 bridgehead atoms. The minimum Gasteiger partial charge on any atom is -0.497 e. The molecule has 2 heterocycles. The Labute approximate surface area is 488 Å². The standard InChI is InChI=1S/2C25H26Cl3FN4O4S2/c2*1-36-14-4-3-13(22(7-14)37-2)12-33(24-31-5-6-38-24)39(34,35)23-10-17(26)20(11-18(23)29)32-21-9-16-15(8-19(21)30)25(16,27)28/h2*3-7,10-11,15-16,19,21,32H,8-9,12,30H2,1-2H3/t15-,16?,19+,21?;15-,16?,19-,21?/m10/s1. The van der Waals surface area contributed by atoms with Crippen molar-refractivity contribution in [2.24, 2.45) is 35.1 Å². The van der Waals surface area contributed by atoms with Crippen LogP contribution in [0.1, 0.15) is 36.8 Å². The Kier molecular flexibility index (Phi) is 17.3. The maximum Gasteiger partial charge on any atom is 0.269 e. The van der Waals surface area contributed by atoms with Crippen molar-refractivity contribution in [3.8, 4) is 23.0 Å². The fourth-order valence-corrected chi connectivity index (χ4v) is 17.1. The number of nitrogens with one attached hydrogen (secondary N) is 2. The quantitative estimate of drug-likeness (QED) is 0.0590. The summed E-state index contributed by atoms with van der Waals surface area (Å²) in [5.41, 5.74) is 14.2. The van der Waals surface area contributed by atoms with Crippen LogP contribution in [0.2, 0.25) is 10.0 Å². The van der Waals surface area contributed by atoms with Gasteiger partial charge in [-0.15, -0.1) is 69.1 Å². The smallest absolute Gasteiger partial charge is 0.269 e. The average Bonchev–Trinajstić information content (AvgIpc) is 4.02. The van der Waals surface area contributed by atoms with E-state index in [1.54, 1.807) is 47.2 Å². The summed E-state index contributed by atoms with van der Waals surface area (Å²) in [6.45, 7) is -0.337. The van der Waals surface area contributed by atoms with Crippen LogP contribution in [0.3, 0.4) is 0 Å². The first-order valence-electron chi connectivity index (χ1n) is 24.0. The molecule has 10 rings (SSSR count). The van der Waals surface area contributed by atoms with Crippen molar-refractivity contribution < 1.29 is 44.6 Å². The topological polar surface area (TPSA) is 214 Å². The van der Waals surface area contributed by atoms with E-state index in [0.717, 1.165) is 55.5 Å². The molecule has 4 unspecified atom stereocenters. The Morgan fingerprint density at radius 3 is 1.31 bits per heavy atom. The maximum absolute atomic E-state index is 15.5. The molecule has 28 heteroatoms. The zero-order chi connectivity index (χ0) is 56.2.